The van der Waals surface area contributed by atoms with Gasteiger partial charge in [0.1, 0.15) is 0 Å². The molecule has 1 heterocycles. The average molecular weight is 218 g/mol. The molecule has 16 heavy (non-hydrogen) atoms. The molecule has 1 fully saturated rings. The van der Waals surface area contributed by atoms with E-state index in [1.165, 1.54) is 5.56 Å². The lowest BCUT2D eigenvalue weighted by Gasteiger charge is -2.31. The molecular formula is C13H18N2O. The Kier molecular flexibility index (Phi) is 3.44. The maximum Gasteiger partial charge on any atom is 0.317 e. The average Bonchev–Trinajstić information content (AvgIpc) is 2.39. The number of rotatable bonds is 1. The van der Waals surface area contributed by atoms with Crippen LogP contribution < -0.4 is 5.32 Å². The predicted octanol–water partition coefficient (Wildman–Crippen LogP) is 2.21. The van der Waals surface area contributed by atoms with Gasteiger partial charge in [-0.05, 0) is 24.3 Å². The lowest BCUT2D eigenvalue weighted by atomic mass is 9.90. The Hall–Kier alpha value is -1.51. The predicted molar refractivity (Wildman–Crippen MR) is 64.4 cm³/mol. The topological polar surface area (TPSA) is 32.3 Å². The van der Waals surface area contributed by atoms with Crippen LogP contribution in [0.1, 0.15) is 24.3 Å². The summed E-state index contributed by atoms with van der Waals surface area (Å²) >= 11 is 0. The van der Waals surface area contributed by atoms with E-state index in [2.05, 4.69) is 29.6 Å². The number of amides is 2. The number of nitrogens with one attached hydrogen (secondary N) is 1. The van der Waals surface area contributed by atoms with Gasteiger partial charge in [-0.15, -0.1) is 0 Å². The molecule has 0 aliphatic carbocycles. The van der Waals surface area contributed by atoms with Gasteiger partial charge < -0.3 is 10.2 Å². The van der Waals surface area contributed by atoms with Crippen LogP contribution in [0.4, 0.5) is 4.79 Å². The van der Waals surface area contributed by atoms with Gasteiger partial charge in [-0.25, -0.2) is 4.79 Å². The first-order valence-electron chi connectivity index (χ1n) is 5.83. The van der Waals surface area contributed by atoms with Gasteiger partial charge in [0.05, 0.1) is 0 Å². The molecule has 1 aliphatic rings. The van der Waals surface area contributed by atoms with Gasteiger partial charge in [-0.1, -0.05) is 30.3 Å². The third-order valence-electron chi connectivity index (χ3n) is 3.27. The van der Waals surface area contributed by atoms with Crippen molar-refractivity contribution in [3.05, 3.63) is 35.9 Å². The second kappa shape index (κ2) is 5.01. The summed E-state index contributed by atoms with van der Waals surface area (Å²) in [7, 11) is 1.69. The number of hydrogen-bond donors (Lipinski definition) is 1. The van der Waals surface area contributed by atoms with Crippen LogP contribution in [0.3, 0.4) is 0 Å². The van der Waals surface area contributed by atoms with Crippen molar-refractivity contribution in [1.29, 1.82) is 0 Å². The smallest absolute Gasteiger partial charge is 0.317 e. The van der Waals surface area contributed by atoms with E-state index in [4.69, 9.17) is 0 Å². The summed E-state index contributed by atoms with van der Waals surface area (Å²) < 4.78 is 0. The third-order valence-corrected chi connectivity index (χ3v) is 3.27. The molecule has 2 rings (SSSR count). The van der Waals surface area contributed by atoms with Crippen LogP contribution in [0, 0.1) is 0 Å². The van der Waals surface area contributed by atoms with Crippen molar-refractivity contribution in [3.63, 3.8) is 0 Å². The van der Waals surface area contributed by atoms with Crippen LogP contribution >= 0.6 is 0 Å². The van der Waals surface area contributed by atoms with Gasteiger partial charge in [0.25, 0.3) is 0 Å². The second-order valence-electron chi connectivity index (χ2n) is 4.23. The fourth-order valence-electron chi connectivity index (χ4n) is 2.30. The summed E-state index contributed by atoms with van der Waals surface area (Å²) in [6, 6.07) is 10.6. The van der Waals surface area contributed by atoms with Crippen LogP contribution in [-0.4, -0.2) is 31.1 Å². The summed E-state index contributed by atoms with van der Waals surface area (Å²) in [6.45, 7) is 1.72. The quantitative estimate of drug-likeness (QED) is 0.770. The molecule has 1 aliphatic heterocycles. The minimum absolute atomic E-state index is 0.0477. The molecule has 0 spiro atoms. The zero-order chi connectivity index (χ0) is 11.4. The highest BCUT2D eigenvalue weighted by Crippen LogP contribution is 2.27. The van der Waals surface area contributed by atoms with Gasteiger partial charge in [0.2, 0.25) is 0 Å². The molecule has 0 aromatic heterocycles. The van der Waals surface area contributed by atoms with E-state index in [1.54, 1.807) is 7.05 Å². The van der Waals surface area contributed by atoms with Crippen LogP contribution in [0.2, 0.25) is 0 Å². The lowest BCUT2D eigenvalue weighted by Crippen LogP contribution is -2.42. The Morgan fingerprint density at radius 1 is 1.25 bits per heavy atom. The van der Waals surface area contributed by atoms with E-state index in [0.717, 1.165) is 25.9 Å². The van der Waals surface area contributed by atoms with Gasteiger partial charge >= 0.3 is 6.03 Å². The van der Waals surface area contributed by atoms with Crippen molar-refractivity contribution in [1.82, 2.24) is 10.2 Å². The van der Waals surface area contributed by atoms with E-state index in [9.17, 15) is 4.79 Å². The molecule has 1 aromatic rings. The van der Waals surface area contributed by atoms with Gasteiger partial charge in [0.15, 0.2) is 0 Å². The number of urea groups is 1. The Labute approximate surface area is 96.5 Å². The fourth-order valence-corrected chi connectivity index (χ4v) is 2.30. The molecule has 86 valence electrons. The normalized spacial score (nSPS) is 17.2. The highest BCUT2D eigenvalue weighted by Gasteiger charge is 2.22. The molecule has 0 unspecified atom stereocenters. The Balaban J connectivity index is 1.93. The highest BCUT2D eigenvalue weighted by molar-refractivity contribution is 5.73. The number of benzene rings is 1. The summed E-state index contributed by atoms with van der Waals surface area (Å²) in [5.74, 6) is 0.613. The Morgan fingerprint density at radius 2 is 1.88 bits per heavy atom. The number of carbonyl (C=O) groups excluding carboxylic acids is 1. The van der Waals surface area contributed by atoms with Crippen molar-refractivity contribution in [3.8, 4) is 0 Å². The second-order valence-corrected chi connectivity index (χ2v) is 4.23. The molecule has 0 radical (unpaired) electrons. The van der Waals surface area contributed by atoms with Crippen molar-refractivity contribution in [2.24, 2.45) is 0 Å². The standard InChI is InChI=1S/C13H18N2O/c1-14-13(16)15-9-7-12(8-10-15)11-5-3-2-4-6-11/h2-6,12H,7-10H2,1H3,(H,14,16). The third kappa shape index (κ3) is 2.35. The van der Waals surface area contributed by atoms with Crippen LogP contribution in [0.5, 0.6) is 0 Å². The van der Waals surface area contributed by atoms with E-state index in [-0.39, 0.29) is 6.03 Å². The molecule has 0 atom stereocenters. The summed E-state index contributed by atoms with van der Waals surface area (Å²) in [5.41, 5.74) is 1.40. The Morgan fingerprint density at radius 3 is 2.44 bits per heavy atom. The number of piperidine rings is 1. The molecule has 3 heteroatoms. The van der Waals surface area contributed by atoms with E-state index in [1.807, 2.05) is 11.0 Å². The number of likely N-dealkylation sites (tertiary alicyclic amines) is 1. The summed E-state index contributed by atoms with van der Waals surface area (Å²) in [4.78, 5) is 13.3. The molecule has 2 amide bonds. The highest BCUT2D eigenvalue weighted by atomic mass is 16.2. The first-order chi connectivity index (χ1) is 7.81. The minimum Gasteiger partial charge on any atom is -0.341 e. The van der Waals surface area contributed by atoms with Crippen molar-refractivity contribution in [2.75, 3.05) is 20.1 Å². The fraction of sp³-hybridized carbons (Fsp3) is 0.462. The number of carbonyl (C=O) groups is 1. The van der Waals surface area contributed by atoms with Crippen molar-refractivity contribution < 1.29 is 4.79 Å². The van der Waals surface area contributed by atoms with Crippen LogP contribution in [0.25, 0.3) is 0 Å². The number of nitrogens with zero attached hydrogens (tertiary/aromatic N) is 1. The first kappa shape index (κ1) is 11.0. The molecule has 0 bridgehead atoms. The molecule has 1 N–H and O–H groups in total. The van der Waals surface area contributed by atoms with Gasteiger partial charge in [-0.2, -0.15) is 0 Å². The number of hydrogen-bond acceptors (Lipinski definition) is 1. The monoisotopic (exact) mass is 218 g/mol. The van der Waals surface area contributed by atoms with Crippen molar-refractivity contribution >= 4 is 6.03 Å². The zero-order valence-corrected chi connectivity index (χ0v) is 9.65. The maximum atomic E-state index is 11.4. The summed E-state index contributed by atoms with van der Waals surface area (Å²) in [6.07, 6.45) is 2.13. The van der Waals surface area contributed by atoms with E-state index < -0.39 is 0 Å². The molecule has 0 saturated carbocycles. The zero-order valence-electron chi connectivity index (χ0n) is 9.65. The van der Waals surface area contributed by atoms with Crippen LogP contribution in [0.15, 0.2) is 30.3 Å². The maximum absolute atomic E-state index is 11.4. The van der Waals surface area contributed by atoms with E-state index in [0.29, 0.717) is 5.92 Å². The minimum atomic E-state index is 0.0477. The molecular weight excluding hydrogens is 200 g/mol. The van der Waals surface area contributed by atoms with Gasteiger partial charge in [-0.3, -0.25) is 0 Å². The Bertz CT molecular complexity index is 342. The van der Waals surface area contributed by atoms with Crippen LogP contribution in [-0.2, 0) is 0 Å². The molecule has 3 nitrogen and oxygen atoms in total. The van der Waals surface area contributed by atoms with Crippen molar-refractivity contribution in [2.45, 2.75) is 18.8 Å². The SMILES string of the molecule is CNC(=O)N1CCC(c2ccccc2)CC1. The first-order valence-corrected chi connectivity index (χ1v) is 5.83. The molecule has 1 saturated heterocycles. The lowest BCUT2D eigenvalue weighted by molar-refractivity contribution is 0.183. The molecule has 1 aromatic carbocycles. The van der Waals surface area contributed by atoms with E-state index >= 15 is 0 Å². The summed E-state index contributed by atoms with van der Waals surface area (Å²) in [5, 5.41) is 2.68. The largest absolute Gasteiger partial charge is 0.341 e. The van der Waals surface area contributed by atoms with Gasteiger partial charge in [0, 0.05) is 20.1 Å².